The van der Waals surface area contributed by atoms with Crippen LogP contribution in [0.3, 0.4) is 0 Å². The number of aromatic hydroxyl groups is 1. The zero-order valence-electron chi connectivity index (χ0n) is 9.75. The zero-order chi connectivity index (χ0) is 12.7. The first-order valence-corrected chi connectivity index (χ1v) is 7.97. The van der Waals surface area contributed by atoms with Gasteiger partial charge in [-0.05, 0) is 0 Å². The maximum absolute atomic E-state index is 12.1. The van der Waals surface area contributed by atoms with Crippen LogP contribution in [0.25, 0.3) is 11.1 Å². The van der Waals surface area contributed by atoms with E-state index >= 15 is 0 Å². The molecule has 1 aliphatic rings. The van der Waals surface area contributed by atoms with Crippen molar-refractivity contribution in [2.75, 3.05) is 0 Å². The molecule has 2 aromatic carbocycles. The molecule has 2 aromatic rings. The molecule has 0 saturated heterocycles. The Bertz CT molecular complexity index is 678. The number of nitrogens with zero attached hydrogens (tertiary/aromatic N) is 1. The van der Waals surface area contributed by atoms with Gasteiger partial charge in [0, 0.05) is 0 Å². The van der Waals surface area contributed by atoms with E-state index in [0.29, 0.717) is 14.8 Å². The molecular weight excluding hydrogens is 293 g/mol. The summed E-state index contributed by atoms with van der Waals surface area (Å²) in [6.07, 6.45) is 0. The van der Waals surface area contributed by atoms with Crippen molar-refractivity contribution in [1.82, 2.24) is 0 Å². The Morgan fingerprint density at radius 2 is 1.83 bits per heavy atom. The average molecular weight is 304 g/mol. The van der Waals surface area contributed by atoms with Crippen molar-refractivity contribution in [1.29, 1.82) is 0 Å². The second-order valence-corrected chi connectivity index (χ2v) is 7.40. The molecule has 0 saturated carbocycles. The van der Waals surface area contributed by atoms with Crippen LogP contribution in [0, 0.1) is 0 Å². The summed E-state index contributed by atoms with van der Waals surface area (Å²) in [5.74, 6) is 0.104. The Morgan fingerprint density at radius 3 is 2.56 bits per heavy atom. The summed E-state index contributed by atoms with van der Waals surface area (Å²) in [6.45, 7) is 1.75. The van der Waals surface area contributed by atoms with Crippen molar-refractivity contribution in [3.63, 3.8) is 0 Å². The standard InChI is InChI=1S/C14H11NO2Se/c1-9-15-14-12(16)7-11(8-13(14)18(9)17)10-5-3-2-4-6-10/h2-8,16H,1H3. The molecule has 0 amide bonds. The summed E-state index contributed by atoms with van der Waals surface area (Å²) >= 11 is -2.24. The molecule has 1 aliphatic heterocycles. The van der Waals surface area contributed by atoms with Crippen LogP contribution in [0.15, 0.2) is 47.5 Å². The Morgan fingerprint density at radius 1 is 1.11 bits per heavy atom. The third-order valence-corrected chi connectivity index (χ3v) is 5.71. The minimum atomic E-state index is -2.24. The van der Waals surface area contributed by atoms with Crippen molar-refractivity contribution in [2.45, 2.75) is 6.92 Å². The van der Waals surface area contributed by atoms with Gasteiger partial charge in [-0.2, -0.15) is 0 Å². The van der Waals surface area contributed by atoms with Gasteiger partial charge >= 0.3 is 109 Å². The Balaban J connectivity index is 2.19. The molecule has 1 N–H and O–H groups in total. The van der Waals surface area contributed by atoms with Crippen LogP contribution in [0.2, 0.25) is 0 Å². The normalized spacial score (nSPS) is 17.4. The van der Waals surface area contributed by atoms with Gasteiger partial charge in [-0.15, -0.1) is 0 Å². The number of phenols is 1. The number of hydrogen-bond acceptors (Lipinski definition) is 3. The molecular formula is C14H11NO2Se. The van der Waals surface area contributed by atoms with Crippen molar-refractivity contribution < 1.29 is 8.94 Å². The van der Waals surface area contributed by atoms with Gasteiger partial charge in [0.1, 0.15) is 0 Å². The zero-order valence-corrected chi connectivity index (χ0v) is 11.5. The summed E-state index contributed by atoms with van der Waals surface area (Å²) < 4.78 is 13.4. The number of phenolic OH excluding ortho intramolecular Hbond substituents is 1. The second-order valence-electron chi connectivity index (χ2n) is 4.11. The molecule has 0 bridgehead atoms. The molecule has 0 spiro atoms. The number of benzene rings is 2. The molecule has 1 unspecified atom stereocenters. The van der Waals surface area contributed by atoms with Gasteiger partial charge in [0.25, 0.3) is 0 Å². The van der Waals surface area contributed by atoms with Gasteiger partial charge in [0.05, 0.1) is 0 Å². The first kappa shape index (κ1) is 11.3. The van der Waals surface area contributed by atoms with Gasteiger partial charge in [-0.25, -0.2) is 0 Å². The van der Waals surface area contributed by atoms with E-state index in [1.807, 2.05) is 36.4 Å². The number of aliphatic imine (C=N–C) groups is 1. The molecule has 0 fully saturated rings. The number of rotatable bonds is 1. The fourth-order valence-electron chi connectivity index (χ4n) is 2.00. The van der Waals surface area contributed by atoms with Crippen molar-refractivity contribution >= 4 is 28.6 Å². The van der Waals surface area contributed by atoms with Crippen LogP contribution < -0.4 is 4.46 Å². The van der Waals surface area contributed by atoms with Crippen LogP contribution in [-0.4, -0.2) is 23.5 Å². The summed E-state index contributed by atoms with van der Waals surface area (Å²) in [5, 5.41) is 9.98. The Labute approximate surface area is 109 Å². The van der Waals surface area contributed by atoms with E-state index in [0.717, 1.165) is 11.1 Å². The van der Waals surface area contributed by atoms with Crippen LogP contribution in [0.1, 0.15) is 6.92 Å². The predicted octanol–water partition coefficient (Wildman–Crippen LogP) is 2.33. The van der Waals surface area contributed by atoms with E-state index in [1.165, 1.54) is 0 Å². The molecule has 3 rings (SSSR count). The van der Waals surface area contributed by atoms with Crippen LogP contribution in [0.5, 0.6) is 5.75 Å². The number of hydrogen-bond donors (Lipinski definition) is 1. The minimum absolute atomic E-state index is 0.104. The fraction of sp³-hybridized carbons (Fsp3) is 0.0714. The summed E-state index contributed by atoms with van der Waals surface area (Å²) in [6, 6.07) is 13.3. The van der Waals surface area contributed by atoms with Crippen LogP contribution >= 0.6 is 0 Å². The van der Waals surface area contributed by atoms with E-state index < -0.39 is 13.8 Å². The van der Waals surface area contributed by atoms with E-state index in [1.54, 1.807) is 13.0 Å². The van der Waals surface area contributed by atoms with Crippen LogP contribution in [-0.2, 0) is 3.83 Å². The van der Waals surface area contributed by atoms with Gasteiger partial charge in [0.2, 0.25) is 0 Å². The second kappa shape index (κ2) is 4.16. The predicted molar refractivity (Wildman–Crippen MR) is 72.4 cm³/mol. The number of fused-ring (bicyclic) bond motifs is 1. The maximum atomic E-state index is 12.1. The van der Waals surface area contributed by atoms with E-state index in [-0.39, 0.29) is 5.75 Å². The molecule has 1 atom stereocenters. The van der Waals surface area contributed by atoms with Crippen molar-refractivity contribution in [3.8, 4) is 16.9 Å². The van der Waals surface area contributed by atoms with Gasteiger partial charge in [-0.1, -0.05) is 0 Å². The quantitative estimate of drug-likeness (QED) is 0.822. The molecule has 3 nitrogen and oxygen atoms in total. The van der Waals surface area contributed by atoms with Crippen LogP contribution in [0.4, 0.5) is 5.69 Å². The van der Waals surface area contributed by atoms with Crippen molar-refractivity contribution in [3.05, 3.63) is 42.5 Å². The first-order chi connectivity index (χ1) is 8.66. The van der Waals surface area contributed by atoms with Crippen molar-refractivity contribution in [2.24, 2.45) is 4.99 Å². The van der Waals surface area contributed by atoms with Gasteiger partial charge < -0.3 is 0 Å². The summed E-state index contributed by atoms with van der Waals surface area (Å²) in [5.41, 5.74) is 2.35. The van der Waals surface area contributed by atoms with E-state index in [4.69, 9.17) is 0 Å². The molecule has 4 heteroatoms. The summed E-state index contributed by atoms with van der Waals surface area (Å²) in [7, 11) is 0. The Hall–Kier alpha value is -1.77. The summed E-state index contributed by atoms with van der Waals surface area (Å²) in [4.78, 5) is 4.18. The molecule has 18 heavy (non-hydrogen) atoms. The molecule has 0 radical (unpaired) electrons. The monoisotopic (exact) mass is 305 g/mol. The van der Waals surface area contributed by atoms with E-state index in [9.17, 15) is 8.94 Å². The SMILES string of the molecule is CC1=Nc2c(O)cc(-c3ccccc3)cc2[Se]1=O. The third kappa shape index (κ3) is 1.70. The molecule has 0 aromatic heterocycles. The third-order valence-electron chi connectivity index (χ3n) is 2.90. The molecule has 90 valence electrons. The van der Waals surface area contributed by atoms with E-state index in [2.05, 4.69) is 4.99 Å². The topological polar surface area (TPSA) is 49.7 Å². The van der Waals surface area contributed by atoms with Gasteiger partial charge in [-0.3, -0.25) is 0 Å². The average Bonchev–Trinajstić information content (AvgIpc) is 2.68. The molecule has 1 heterocycles. The Kier molecular flexibility index (Phi) is 2.62. The van der Waals surface area contributed by atoms with Gasteiger partial charge in [0.15, 0.2) is 0 Å². The first-order valence-electron chi connectivity index (χ1n) is 5.56. The fourth-order valence-corrected chi connectivity index (χ4v) is 4.21. The molecule has 0 aliphatic carbocycles.